The van der Waals surface area contributed by atoms with E-state index >= 15 is 0 Å². The van der Waals surface area contributed by atoms with Gasteiger partial charge in [0.2, 0.25) is 5.91 Å². The molecule has 0 radical (unpaired) electrons. The van der Waals surface area contributed by atoms with E-state index in [1.54, 1.807) is 29.2 Å². The molecule has 1 N–H and O–H groups in total. The molecule has 3 heteroatoms. The van der Waals surface area contributed by atoms with E-state index in [9.17, 15) is 9.90 Å². The summed E-state index contributed by atoms with van der Waals surface area (Å²) < 4.78 is 0. The number of phenols is 1. The molecule has 0 saturated heterocycles. The van der Waals surface area contributed by atoms with E-state index in [1.165, 1.54) is 0 Å². The van der Waals surface area contributed by atoms with Crippen molar-refractivity contribution >= 4 is 17.3 Å². The Morgan fingerprint density at radius 1 is 1.11 bits per heavy atom. The summed E-state index contributed by atoms with van der Waals surface area (Å²) in [6, 6.07) is 12.7. The highest BCUT2D eigenvalue weighted by Gasteiger charge is 2.29. The van der Waals surface area contributed by atoms with Crippen LogP contribution in [0.15, 0.2) is 42.5 Å². The second-order valence-electron chi connectivity index (χ2n) is 4.50. The van der Waals surface area contributed by atoms with Crippen molar-refractivity contribution in [3.05, 3.63) is 53.6 Å². The fraction of sp³-hybridized carbons (Fsp3) is 0.133. The fourth-order valence-corrected chi connectivity index (χ4v) is 2.42. The van der Waals surface area contributed by atoms with Gasteiger partial charge in [-0.3, -0.25) is 9.69 Å². The lowest BCUT2D eigenvalue weighted by Gasteiger charge is -2.19. The number of aryl methyl sites for hydroxylation is 1. The molecule has 1 aliphatic heterocycles. The topological polar surface area (TPSA) is 40.5 Å². The van der Waals surface area contributed by atoms with E-state index in [2.05, 4.69) is 0 Å². The summed E-state index contributed by atoms with van der Waals surface area (Å²) in [7, 11) is 0. The summed E-state index contributed by atoms with van der Waals surface area (Å²) in [6.45, 7) is 2.00. The smallest absolute Gasteiger partial charge is 0.236 e. The van der Waals surface area contributed by atoms with Gasteiger partial charge in [-0.1, -0.05) is 18.2 Å². The summed E-state index contributed by atoms with van der Waals surface area (Å²) in [6.07, 6.45) is 0.442. The van der Waals surface area contributed by atoms with E-state index < -0.39 is 0 Å². The number of anilines is 2. The number of phenolic OH excluding ortho intramolecular Hbond substituents is 1. The van der Waals surface area contributed by atoms with Crippen LogP contribution in [0.4, 0.5) is 11.4 Å². The molecule has 1 aliphatic rings. The highest BCUT2D eigenvalue weighted by molar-refractivity contribution is 6.08. The minimum Gasteiger partial charge on any atom is -0.508 e. The quantitative estimate of drug-likeness (QED) is 0.831. The largest absolute Gasteiger partial charge is 0.508 e. The maximum atomic E-state index is 12.1. The minimum atomic E-state index is 0.0741. The first-order valence-corrected chi connectivity index (χ1v) is 5.87. The Morgan fingerprint density at radius 3 is 2.56 bits per heavy atom. The highest BCUT2D eigenvalue weighted by atomic mass is 16.3. The zero-order valence-electron chi connectivity index (χ0n) is 10.1. The molecule has 0 aliphatic carbocycles. The van der Waals surface area contributed by atoms with Gasteiger partial charge in [-0.15, -0.1) is 0 Å². The van der Waals surface area contributed by atoms with E-state index in [4.69, 9.17) is 0 Å². The van der Waals surface area contributed by atoms with Crippen LogP contribution in [0.1, 0.15) is 11.1 Å². The lowest BCUT2D eigenvalue weighted by Crippen LogP contribution is -2.21. The Morgan fingerprint density at radius 2 is 1.83 bits per heavy atom. The van der Waals surface area contributed by atoms with E-state index in [1.807, 2.05) is 25.1 Å². The van der Waals surface area contributed by atoms with Gasteiger partial charge in [0.25, 0.3) is 0 Å². The van der Waals surface area contributed by atoms with Crippen LogP contribution in [-0.4, -0.2) is 11.0 Å². The number of carbonyl (C=O) groups excluding carboxylic acids is 1. The number of amides is 1. The van der Waals surface area contributed by atoms with E-state index in [0.717, 1.165) is 22.5 Å². The first-order chi connectivity index (χ1) is 8.66. The molecule has 0 atom stereocenters. The number of hydrogen-bond donors (Lipinski definition) is 1. The third kappa shape index (κ3) is 1.56. The maximum absolute atomic E-state index is 12.1. The molecule has 0 unspecified atom stereocenters. The number of aromatic hydroxyl groups is 1. The summed E-state index contributed by atoms with van der Waals surface area (Å²) in [5, 5.41) is 9.31. The van der Waals surface area contributed by atoms with Crippen LogP contribution in [0, 0.1) is 6.92 Å². The molecule has 0 spiro atoms. The molecule has 90 valence electrons. The van der Waals surface area contributed by atoms with Crippen LogP contribution in [0.2, 0.25) is 0 Å². The fourth-order valence-electron chi connectivity index (χ4n) is 2.42. The molecule has 1 heterocycles. The van der Waals surface area contributed by atoms with Gasteiger partial charge >= 0.3 is 0 Å². The average molecular weight is 239 g/mol. The van der Waals surface area contributed by atoms with Crippen LogP contribution in [-0.2, 0) is 11.2 Å². The number of carbonyl (C=O) groups is 1. The predicted molar refractivity (Wildman–Crippen MR) is 70.1 cm³/mol. The summed E-state index contributed by atoms with van der Waals surface area (Å²) in [4.78, 5) is 13.9. The first-order valence-electron chi connectivity index (χ1n) is 5.87. The Balaban J connectivity index is 2.14. The van der Waals surface area contributed by atoms with Gasteiger partial charge in [-0.25, -0.2) is 0 Å². The van der Waals surface area contributed by atoms with Crippen LogP contribution in [0.5, 0.6) is 5.75 Å². The molecule has 18 heavy (non-hydrogen) atoms. The molecule has 3 nitrogen and oxygen atoms in total. The van der Waals surface area contributed by atoms with Gasteiger partial charge in [0.15, 0.2) is 0 Å². The van der Waals surface area contributed by atoms with Crippen LogP contribution < -0.4 is 4.90 Å². The molecule has 0 aromatic heterocycles. The lowest BCUT2D eigenvalue weighted by molar-refractivity contribution is -0.116. The molecule has 0 fully saturated rings. The number of para-hydroxylation sites is 1. The molecule has 0 saturated carbocycles. The number of fused-ring (bicyclic) bond motifs is 1. The van der Waals surface area contributed by atoms with Crippen LogP contribution in [0.3, 0.4) is 0 Å². The standard InChI is InChI=1S/C15H13NO2/c1-10-3-2-4-11-9-14(18)16(15(10)11)12-5-7-13(17)8-6-12/h2-8,17H,9H2,1H3. The zero-order valence-corrected chi connectivity index (χ0v) is 10.1. The van der Waals surface area contributed by atoms with Gasteiger partial charge in [0.1, 0.15) is 5.75 Å². The maximum Gasteiger partial charge on any atom is 0.236 e. The van der Waals surface area contributed by atoms with Gasteiger partial charge in [0, 0.05) is 5.69 Å². The molecule has 1 amide bonds. The predicted octanol–water partition coefficient (Wildman–Crippen LogP) is 2.92. The Kier molecular flexibility index (Phi) is 2.33. The normalized spacial score (nSPS) is 13.8. The highest BCUT2D eigenvalue weighted by Crippen LogP contribution is 2.38. The molecule has 0 bridgehead atoms. The van der Waals surface area contributed by atoms with Crippen molar-refractivity contribution in [3.8, 4) is 5.75 Å². The third-order valence-electron chi connectivity index (χ3n) is 3.24. The Hall–Kier alpha value is -2.29. The van der Waals surface area contributed by atoms with Crippen molar-refractivity contribution in [1.29, 1.82) is 0 Å². The lowest BCUT2D eigenvalue weighted by atomic mass is 10.1. The minimum absolute atomic E-state index is 0.0741. The van der Waals surface area contributed by atoms with Crippen molar-refractivity contribution in [2.24, 2.45) is 0 Å². The van der Waals surface area contributed by atoms with E-state index in [0.29, 0.717) is 6.42 Å². The van der Waals surface area contributed by atoms with Gasteiger partial charge < -0.3 is 5.11 Å². The zero-order chi connectivity index (χ0) is 12.7. The molecule has 3 rings (SSSR count). The average Bonchev–Trinajstić information content (AvgIpc) is 2.68. The van der Waals surface area contributed by atoms with Gasteiger partial charge in [-0.2, -0.15) is 0 Å². The van der Waals surface area contributed by atoms with Crippen molar-refractivity contribution < 1.29 is 9.90 Å². The van der Waals surface area contributed by atoms with Crippen LogP contribution >= 0.6 is 0 Å². The Bertz CT molecular complexity index is 617. The first kappa shape index (κ1) is 10.8. The number of rotatable bonds is 1. The van der Waals surface area contributed by atoms with Crippen molar-refractivity contribution in [2.45, 2.75) is 13.3 Å². The second-order valence-corrected chi connectivity index (χ2v) is 4.50. The molecule has 2 aromatic carbocycles. The van der Waals surface area contributed by atoms with Gasteiger partial charge in [-0.05, 0) is 42.3 Å². The van der Waals surface area contributed by atoms with Crippen molar-refractivity contribution in [3.63, 3.8) is 0 Å². The summed E-state index contributed by atoms with van der Waals surface area (Å²) in [5.74, 6) is 0.278. The number of benzene rings is 2. The third-order valence-corrected chi connectivity index (χ3v) is 3.24. The van der Waals surface area contributed by atoms with Crippen molar-refractivity contribution in [1.82, 2.24) is 0 Å². The van der Waals surface area contributed by atoms with Crippen molar-refractivity contribution in [2.75, 3.05) is 4.90 Å². The second kappa shape index (κ2) is 3.88. The van der Waals surface area contributed by atoms with E-state index in [-0.39, 0.29) is 11.7 Å². The summed E-state index contributed by atoms with van der Waals surface area (Å²) >= 11 is 0. The molecular weight excluding hydrogens is 226 g/mol. The number of hydrogen-bond acceptors (Lipinski definition) is 2. The molecular formula is C15H13NO2. The number of nitrogens with zero attached hydrogens (tertiary/aromatic N) is 1. The van der Waals surface area contributed by atoms with Gasteiger partial charge in [0.05, 0.1) is 12.1 Å². The Labute approximate surface area is 105 Å². The molecule has 2 aromatic rings. The summed E-state index contributed by atoms with van der Waals surface area (Å²) in [5.41, 5.74) is 3.93. The monoisotopic (exact) mass is 239 g/mol. The van der Waals surface area contributed by atoms with Crippen LogP contribution in [0.25, 0.3) is 0 Å². The SMILES string of the molecule is Cc1cccc2c1N(c1ccc(O)cc1)C(=O)C2.